The number of nitro groups is 1. The third-order valence-electron chi connectivity index (χ3n) is 1.81. The Morgan fingerprint density at radius 1 is 1.40 bits per heavy atom. The van der Waals surface area contributed by atoms with Crippen molar-refractivity contribution in [1.29, 1.82) is 0 Å². The van der Waals surface area contributed by atoms with Crippen LogP contribution in [0.25, 0.3) is 0 Å². The van der Waals surface area contributed by atoms with Crippen molar-refractivity contribution in [3.05, 3.63) is 33.9 Å². The average molecular weight is 209 g/mol. The Morgan fingerprint density at radius 3 is 2.47 bits per heavy atom. The van der Waals surface area contributed by atoms with Crippen molar-refractivity contribution in [3.63, 3.8) is 0 Å². The summed E-state index contributed by atoms with van der Waals surface area (Å²) in [4.78, 5) is 22.4. The van der Waals surface area contributed by atoms with Crippen molar-refractivity contribution < 1.29 is 14.8 Å². The fourth-order valence-electron chi connectivity index (χ4n) is 1.04. The predicted octanol–water partition coefficient (Wildman–Crippen LogP) is 0.370. The minimum absolute atomic E-state index is 0.186. The second-order valence-electron chi connectivity index (χ2n) is 3.14. The van der Waals surface area contributed by atoms with E-state index in [0.717, 1.165) is 18.2 Å². The van der Waals surface area contributed by atoms with Crippen LogP contribution in [-0.2, 0) is 0 Å². The van der Waals surface area contributed by atoms with Gasteiger partial charge in [-0.05, 0) is 0 Å². The highest BCUT2D eigenvalue weighted by atomic mass is 16.6. The summed E-state index contributed by atoms with van der Waals surface area (Å²) in [6.45, 7) is 0. The standard InChI is InChI=1S/C9H10N2O4/c1-10(2)9(13)7-5-6(11(14)15)3-4-8(7)12/h3-5,12H,1-2H3/p-1. The molecule has 1 aromatic rings. The third kappa shape index (κ3) is 2.22. The summed E-state index contributed by atoms with van der Waals surface area (Å²) < 4.78 is 0. The highest BCUT2D eigenvalue weighted by molar-refractivity contribution is 5.97. The van der Waals surface area contributed by atoms with Crippen LogP contribution in [0.15, 0.2) is 18.2 Å². The number of carbonyl (C=O) groups is 1. The van der Waals surface area contributed by atoms with Gasteiger partial charge in [0.05, 0.1) is 4.92 Å². The molecule has 0 N–H and O–H groups in total. The van der Waals surface area contributed by atoms with Crippen LogP contribution >= 0.6 is 0 Å². The summed E-state index contributed by atoms with van der Waals surface area (Å²) >= 11 is 0. The van der Waals surface area contributed by atoms with Crippen LogP contribution in [0, 0.1) is 10.1 Å². The molecule has 0 saturated carbocycles. The monoisotopic (exact) mass is 209 g/mol. The zero-order chi connectivity index (χ0) is 11.6. The van der Waals surface area contributed by atoms with Gasteiger partial charge in [-0.3, -0.25) is 14.9 Å². The lowest BCUT2D eigenvalue weighted by atomic mass is 10.1. The van der Waals surface area contributed by atoms with Crippen molar-refractivity contribution in [2.45, 2.75) is 0 Å². The topological polar surface area (TPSA) is 86.5 Å². The molecular weight excluding hydrogens is 200 g/mol. The van der Waals surface area contributed by atoms with E-state index in [1.54, 1.807) is 0 Å². The predicted molar refractivity (Wildman–Crippen MR) is 50.6 cm³/mol. The van der Waals surface area contributed by atoms with Crippen molar-refractivity contribution in [2.75, 3.05) is 14.1 Å². The zero-order valence-corrected chi connectivity index (χ0v) is 8.26. The number of non-ortho nitro benzene ring substituents is 1. The lowest BCUT2D eigenvalue weighted by Gasteiger charge is -2.16. The lowest BCUT2D eigenvalue weighted by molar-refractivity contribution is -0.385. The van der Waals surface area contributed by atoms with Gasteiger partial charge < -0.3 is 10.0 Å². The smallest absolute Gasteiger partial charge is 0.270 e. The average Bonchev–Trinajstić information content (AvgIpc) is 2.16. The molecule has 15 heavy (non-hydrogen) atoms. The molecule has 1 rings (SSSR count). The first-order chi connectivity index (χ1) is 6.93. The first kappa shape index (κ1) is 11.0. The van der Waals surface area contributed by atoms with Crippen molar-refractivity contribution >= 4 is 11.6 Å². The molecule has 0 aromatic heterocycles. The third-order valence-corrected chi connectivity index (χ3v) is 1.81. The highest BCUT2D eigenvalue weighted by Crippen LogP contribution is 2.21. The Labute approximate surface area is 85.9 Å². The molecule has 6 nitrogen and oxygen atoms in total. The molecular formula is C9H9N2O4-. The molecule has 80 valence electrons. The van der Waals surface area contributed by atoms with Gasteiger partial charge in [0.15, 0.2) is 0 Å². The second-order valence-corrected chi connectivity index (χ2v) is 3.14. The fraction of sp³-hybridized carbons (Fsp3) is 0.222. The van der Waals surface area contributed by atoms with Crippen LogP contribution in [-0.4, -0.2) is 29.8 Å². The molecule has 0 unspecified atom stereocenters. The maximum Gasteiger partial charge on any atom is 0.270 e. The van der Waals surface area contributed by atoms with E-state index in [4.69, 9.17) is 0 Å². The van der Waals surface area contributed by atoms with E-state index in [1.807, 2.05) is 0 Å². The van der Waals surface area contributed by atoms with Crippen LogP contribution in [0.5, 0.6) is 5.75 Å². The number of hydrogen-bond acceptors (Lipinski definition) is 4. The van der Waals surface area contributed by atoms with Crippen LogP contribution < -0.4 is 5.11 Å². The van der Waals surface area contributed by atoms with E-state index < -0.39 is 16.6 Å². The van der Waals surface area contributed by atoms with E-state index in [2.05, 4.69) is 0 Å². The van der Waals surface area contributed by atoms with E-state index in [1.165, 1.54) is 19.0 Å². The molecule has 0 aliphatic heterocycles. The summed E-state index contributed by atoms with van der Waals surface area (Å²) in [5, 5.41) is 21.7. The summed E-state index contributed by atoms with van der Waals surface area (Å²) in [5.41, 5.74) is -0.450. The molecule has 0 saturated heterocycles. The molecule has 0 heterocycles. The maximum atomic E-state index is 11.4. The van der Waals surface area contributed by atoms with Gasteiger partial charge in [-0.1, -0.05) is 11.8 Å². The largest absolute Gasteiger partial charge is 0.872 e. The molecule has 1 aromatic carbocycles. The number of amides is 1. The summed E-state index contributed by atoms with van der Waals surface area (Å²) in [6, 6.07) is 3.09. The van der Waals surface area contributed by atoms with Gasteiger partial charge in [-0.25, -0.2) is 0 Å². The summed E-state index contributed by atoms with van der Waals surface area (Å²) in [7, 11) is 2.95. The fourth-order valence-corrected chi connectivity index (χ4v) is 1.04. The van der Waals surface area contributed by atoms with Gasteiger partial charge in [0.25, 0.3) is 11.6 Å². The van der Waals surface area contributed by atoms with Gasteiger partial charge in [0.1, 0.15) is 0 Å². The molecule has 0 radical (unpaired) electrons. The normalized spacial score (nSPS) is 9.73. The zero-order valence-electron chi connectivity index (χ0n) is 8.26. The SMILES string of the molecule is CN(C)C(=O)c1cc([N+](=O)[O-])ccc1[O-]. The number of carbonyl (C=O) groups excluding carboxylic acids is 1. The molecule has 0 spiro atoms. The van der Waals surface area contributed by atoms with Crippen LogP contribution in [0.3, 0.4) is 0 Å². The minimum Gasteiger partial charge on any atom is -0.872 e. The first-order valence-electron chi connectivity index (χ1n) is 4.10. The molecule has 6 heteroatoms. The summed E-state index contributed by atoms with van der Waals surface area (Å²) in [6.07, 6.45) is 0. The quantitative estimate of drug-likeness (QED) is 0.520. The van der Waals surface area contributed by atoms with Gasteiger partial charge >= 0.3 is 0 Å². The molecule has 0 bridgehead atoms. The molecule has 0 aliphatic carbocycles. The molecule has 1 amide bonds. The minimum atomic E-state index is -0.647. The van der Waals surface area contributed by atoms with E-state index >= 15 is 0 Å². The van der Waals surface area contributed by atoms with Gasteiger partial charge in [0, 0.05) is 31.8 Å². The van der Waals surface area contributed by atoms with E-state index in [9.17, 15) is 20.0 Å². The number of nitrogens with zero attached hydrogens (tertiary/aromatic N) is 2. The maximum absolute atomic E-state index is 11.4. The molecule has 0 fully saturated rings. The molecule has 0 aliphatic rings. The Bertz CT molecular complexity index is 415. The number of nitro benzene ring substituents is 1. The Kier molecular flexibility index (Phi) is 2.89. The van der Waals surface area contributed by atoms with Gasteiger partial charge in [0.2, 0.25) is 0 Å². The summed E-state index contributed by atoms with van der Waals surface area (Å²) in [5.74, 6) is -1.05. The Balaban J connectivity index is 3.22. The second kappa shape index (κ2) is 3.95. The van der Waals surface area contributed by atoms with Crippen molar-refractivity contribution in [1.82, 2.24) is 4.90 Å². The number of hydrogen-bond donors (Lipinski definition) is 0. The Hall–Kier alpha value is -2.11. The van der Waals surface area contributed by atoms with E-state index in [-0.39, 0.29) is 11.3 Å². The lowest BCUT2D eigenvalue weighted by Crippen LogP contribution is -2.23. The van der Waals surface area contributed by atoms with Crippen LogP contribution in [0.2, 0.25) is 0 Å². The van der Waals surface area contributed by atoms with Crippen molar-refractivity contribution in [3.8, 4) is 5.75 Å². The highest BCUT2D eigenvalue weighted by Gasteiger charge is 2.13. The van der Waals surface area contributed by atoms with Crippen LogP contribution in [0.4, 0.5) is 5.69 Å². The molecule has 0 atom stereocenters. The van der Waals surface area contributed by atoms with E-state index in [0.29, 0.717) is 0 Å². The Morgan fingerprint density at radius 2 is 2.00 bits per heavy atom. The first-order valence-corrected chi connectivity index (χ1v) is 4.10. The number of rotatable bonds is 2. The van der Waals surface area contributed by atoms with Crippen molar-refractivity contribution in [2.24, 2.45) is 0 Å². The van der Waals surface area contributed by atoms with Gasteiger partial charge in [-0.2, -0.15) is 0 Å². The van der Waals surface area contributed by atoms with Gasteiger partial charge in [-0.15, -0.1) is 0 Å². The van der Waals surface area contributed by atoms with Crippen LogP contribution in [0.1, 0.15) is 10.4 Å². The number of benzene rings is 1.